The van der Waals surface area contributed by atoms with Crippen molar-refractivity contribution in [2.45, 2.75) is 13.3 Å². The van der Waals surface area contributed by atoms with Gasteiger partial charge in [0.2, 0.25) is 0 Å². The summed E-state index contributed by atoms with van der Waals surface area (Å²) in [5.74, 6) is 0.692. The van der Waals surface area contributed by atoms with Gasteiger partial charge in [0, 0.05) is 25.7 Å². The van der Waals surface area contributed by atoms with E-state index in [2.05, 4.69) is 16.5 Å². The lowest BCUT2D eigenvalue weighted by Crippen LogP contribution is -2.09. The molecule has 0 aliphatic heterocycles. The highest BCUT2D eigenvalue weighted by Gasteiger charge is 2.12. The van der Waals surface area contributed by atoms with E-state index in [1.807, 2.05) is 0 Å². The fraction of sp³-hybridized carbons (Fsp3) is 0.286. The molecule has 1 heterocycles. The molecule has 1 aromatic heterocycles. The largest absolute Gasteiger partial charge is 0.369 e. The van der Waals surface area contributed by atoms with Crippen LogP contribution in [0.1, 0.15) is 16.8 Å². The lowest BCUT2D eigenvalue weighted by Gasteiger charge is -2.07. The van der Waals surface area contributed by atoms with Gasteiger partial charge in [-0.25, -0.2) is 0 Å². The minimum absolute atomic E-state index is 0.0840. The first-order valence-electron chi connectivity index (χ1n) is 6.44. The number of hydrogen-bond donors (Lipinski definition) is 1. The van der Waals surface area contributed by atoms with Crippen LogP contribution in [-0.2, 0) is 13.5 Å². The Morgan fingerprint density at radius 2 is 2.10 bits per heavy atom. The van der Waals surface area contributed by atoms with E-state index in [1.54, 1.807) is 30.8 Å². The van der Waals surface area contributed by atoms with Crippen LogP contribution in [0.2, 0.25) is 0 Å². The third-order valence-corrected chi connectivity index (χ3v) is 3.19. The van der Waals surface area contributed by atoms with Gasteiger partial charge >= 0.3 is 0 Å². The number of non-ortho nitro benzene ring substituents is 1. The van der Waals surface area contributed by atoms with Crippen LogP contribution in [0.5, 0.6) is 0 Å². The molecular formula is C14H15N5O2. The van der Waals surface area contributed by atoms with Gasteiger partial charge in [0.05, 0.1) is 10.6 Å². The minimum Gasteiger partial charge on any atom is -0.369 e. The second kappa shape index (κ2) is 6.05. The molecule has 0 aliphatic rings. The van der Waals surface area contributed by atoms with E-state index in [-0.39, 0.29) is 5.69 Å². The number of rotatable bonds is 5. The molecule has 7 heteroatoms. The van der Waals surface area contributed by atoms with Crippen molar-refractivity contribution in [1.82, 2.24) is 9.78 Å². The summed E-state index contributed by atoms with van der Waals surface area (Å²) in [5.41, 5.74) is 2.31. The number of aryl methyl sites for hydroxylation is 2. The van der Waals surface area contributed by atoms with Gasteiger partial charge in [0.25, 0.3) is 5.69 Å². The van der Waals surface area contributed by atoms with Gasteiger partial charge in [-0.05, 0) is 18.9 Å². The maximum Gasteiger partial charge on any atom is 0.269 e. The first-order valence-corrected chi connectivity index (χ1v) is 6.44. The second-order valence-corrected chi connectivity index (χ2v) is 4.64. The molecule has 0 unspecified atom stereocenters. The van der Waals surface area contributed by atoms with Gasteiger partial charge in [-0.3, -0.25) is 14.8 Å². The number of hydrogen-bond acceptors (Lipinski definition) is 5. The molecular weight excluding hydrogens is 270 g/mol. The smallest absolute Gasteiger partial charge is 0.269 e. The Balaban J connectivity index is 1.99. The van der Waals surface area contributed by atoms with Crippen molar-refractivity contribution in [3.63, 3.8) is 0 Å². The number of nitrogens with zero attached hydrogens (tertiary/aromatic N) is 4. The molecule has 0 aliphatic carbocycles. The summed E-state index contributed by atoms with van der Waals surface area (Å²) in [5, 5.41) is 27.1. The van der Waals surface area contributed by atoms with Crippen molar-refractivity contribution in [3.8, 4) is 6.07 Å². The summed E-state index contributed by atoms with van der Waals surface area (Å²) in [7, 11) is 1.78. The molecule has 0 radical (unpaired) electrons. The zero-order chi connectivity index (χ0) is 15.4. The normalized spacial score (nSPS) is 10.1. The summed E-state index contributed by atoms with van der Waals surface area (Å²) in [6.07, 6.45) is 0.701. The van der Waals surface area contributed by atoms with Gasteiger partial charge < -0.3 is 5.32 Å². The minimum atomic E-state index is -0.417. The highest BCUT2D eigenvalue weighted by Crippen LogP contribution is 2.17. The summed E-state index contributed by atoms with van der Waals surface area (Å²) in [6.45, 7) is 2.41. The van der Waals surface area contributed by atoms with Crippen molar-refractivity contribution in [2.24, 2.45) is 7.05 Å². The van der Waals surface area contributed by atoms with E-state index in [1.165, 1.54) is 12.1 Å². The quantitative estimate of drug-likeness (QED) is 0.670. The van der Waals surface area contributed by atoms with Gasteiger partial charge in [0.1, 0.15) is 17.5 Å². The van der Waals surface area contributed by atoms with Crippen molar-refractivity contribution < 1.29 is 4.92 Å². The lowest BCUT2D eigenvalue weighted by molar-refractivity contribution is -0.384. The fourth-order valence-corrected chi connectivity index (χ4v) is 2.10. The van der Waals surface area contributed by atoms with E-state index < -0.39 is 4.92 Å². The summed E-state index contributed by atoms with van der Waals surface area (Å²) < 4.78 is 1.64. The maximum absolute atomic E-state index is 10.6. The number of nitrogens with one attached hydrogen (secondary N) is 1. The van der Waals surface area contributed by atoms with Crippen molar-refractivity contribution >= 4 is 11.5 Å². The molecule has 1 N–H and O–H groups in total. The van der Waals surface area contributed by atoms with E-state index in [0.29, 0.717) is 30.0 Å². The van der Waals surface area contributed by atoms with Crippen LogP contribution >= 0.6 is 0 Å². The van der Waals surface area contributed by atoms with Crippen LogP contribution in [-0.4, -0.2) is 21.2 Å². The Morgan fingerprint density at radius 3 is 2.67 bits per heavy atom. The Hall–Kier alpha value is -2.88. The van der Waals surface area contributed by atoms with Crippen molar-refractivity contribution in [1.29, 1.82) is 5.26 Å². The average molecular weight is 285 g/mol. The summed E-state index contributed by atoms with van der Waals surface area (Å²) in [4.78, 5) is 10.2. The first kappa shape index (κ1) is 14.5. The van der Waals surface area contributed by atoms with Crippen LogP contribution in [0.4, 0.5) is 11.5 Å². The van der Waals surface area contributed by atoms with Crippen molar-refractivity contribution in [3.05, 3.63) is 51.2 Å². The van der Waals surface area contributed by atoms with Crippen molar-refractivity contribution in [2.75, 3.05) is 11.9 Å². The molecule has 0 saturated heterocycles. The van der Waals surface area contributed by atoms with Crippen LogP contribution in [0.15, 0.2) is 24.3 Å². The number of nitro groups is 1. The second-order valence-electron chi connectivity index (χ2n) is 4.64. The highest BCUT2D eigenvalue weighted by molar-refractivity contribution is 5.55. The third-order valence-electron chi connectivity index (χ3n) is 3.19. The molecule has 0 bridgehead atoms. The predicted octanol–water partition coefficient (Wildman–Crippen LogP) is 2.16. The number of anilines is 1. The Morgan fingerprint density at radius 1 is 1.43 bits per heavy atom. The predicted molar refractivity (Wildman–Crippen MR) is 78.0 cm³/mol. The molecule has 1 aromatic carbocycles. The van der Waals surface area contributed by atoms with E-state index in [0.717, 1.165) is 5.56 Å². The molecule has 21 heavy (non-hydrogen) atoms. The number of aromatic nitrogens is 2. The van der Waals surface area contributed by atoms with Gasteiger partial charge in [-0.1, -0.05) is 12.1 Å². The monoisotopic (exact) mass is 285 g/mol. The Labute approximate surface area is 122 Å². The van der Waals surface area contributed by atoms with Crippen LogP contribution in [0, 0.1) is 28.4 Å². The zero-order valence-corrected chi connectivity index (χ0v) is 11.8. The molecule has 0 amide bonds. The van der Waals surface area contributed by atoms with E-state index in [9.17, 15) is 10.1 Å². The molecule has 2 rings (SSSR count). The standard InChI is InChI=1S/C14H15N5O2/c1-10-13(9-15)14(18(2)17-10)16-8-7-11-3-5-12(6-4-11)19(20)21/h3-6,16H,7-8H2,1-2H3. The Bertz CT molecular complexity index is 697. The Kier molecular flexibility index (Phi) is 4.18. The number of nitriles is 1. The SMILES string of the molecule is Cc1nn(C)c(NCCc2ccc([N+](=O)[O-])cc2)c1C#N. The topological polar surface area (TPSA) is 96.8 Å². The molecule has 0 spiro atoms. The summed E-state index contributed by atoms with van der Waals surface area (Å²) in [6, 6.07) is 8.58. The molecule has 0 atom stereocenters. The maximum atomic E-state index is 10.6. The van der Waals surface area contributed by atoms with Gasteiger partial charge in [0.15, 0.2) is 0 Å². The molecule has 0 fully saturated rings. The van der Waals surface area contributed by atoms with E-state index >= 15 is 0 Å². The van der Waals surface area contributed by atoms with Gasteiger partial charge in [-0.2, -0.15) is 10.4 Å². The van der Waals surface area contributed by atoms with Crippen LogP contribution < -0.4 is 5.32 Å². The average Bonchev–Trinajstić information content (AvgIpc) is 2.73. The zero-order valence-electron chi connectivity index (χ0n) is 11.8. The number of benzene rings is 1. The summed E-state index contributed by atoms with van der Waals surface area (Å²) >= 11 is 0. The van der Waals surface area contributed by atoms with Crippen LogP contribution in [0.25, 0.3) is 0 Å². The van der Waals surface area contributed by atoms with Gasteiger partial charge in [-0.15, -0.1) is 0 Å². The van der Waals surface area contributed by atoms with E-state index in [4.69, 9.17) is 5.26 Å². The first-order chi connectivity index (χ1) is 10.0. The third kappa shape index (κ3) is 3.17. The molecule has 0 saturated carbocycles. The highest BCUT2D eigenvalue weighted by atomic mass is 16.6. The lowest BCUT2D eigenvalue weighted by atomic mass is 10.1. The molecule has 108 valence electrons. The molecule has 7 nitrogen and oxygen atoms in total. The van der Waals surface area contributed by atoms with Crippen LogP contribution in [0.3, 0.4) is 0 Å². The molecule has 2 aromatic rings. The number of nitro benzene ring substituents is 1. The fourth-order valence-electron chi connectivity index (χ4n) is 2.10.